The summed E-state index contributed by atoms with van der Waals surface area (Å²) in [6.07, 6.45) is 5.26. The van der Waals surface area contributed by atoms with Crippen LogP contribution < -0.4 is 15.7 Å². The number of carbonyl (C=O) groups excluding carboxylic acids is 2. The van der Waals surface area contributed by atoms with Gasteiger partial charge in [-0.1, -0.05) is 111 Å². The van der Waals surface area contributed by atoms with E-state index >= 15 is 0 Å². The number of sulfonamides is 1. The molecule has 266 valence electrons. The Kier molecular flexibility index (Phi) is 12.5. The van der Waals surface area contributed by atoms with E-state index in [0.717, 1.165) is 37.7 Å². The second kappa shape index (κ2) is 17.0. The maximum atomic E-state index is 13.8. The number of unbranched alkanes of at least 4 members (excludes halogenated alkanes) is 3. The van der Waals surface area contributed by atoms with Crippen LogP contribution in [-0.2, 0) is 23.0 Å². The minimum absolute atomic E-state index is 0.0429. The third-order valence-corrected chi connectivity index (χ3v) is 10.3. The molecule has 0 fully saturated rings. The van der Waals surface area contributed by atoms with E-state index in [1.165, 1.54) is 22.9 Å². The van der Waals surface area contributed by atoms with Gasteiger partial charge in [-0.3, -0.25) is 14.2 Å². The monoisotopic (exact) mass is 747 g/mol. The maximum absolute atomic E-state index is 13.8. The molecule has 0 aliphatic carbocycles. The highest BCUT2D eigenvalue weighted by Crippen LogP contribution is 2.28. The third kappa shape index (κ3) is 8.97. The average molecular weight is 749 g/mol. The molecule has 5 rings (SSSR count). The van der Waals surface area contributed by atoms with Crippen LogP contribution in [0.5, 0.6) is 0 Å². The lowest BCUT2D eigenvalue weighted by atomic mass is 10.0. The molecular formula is C38H39Cl2N5O5S. The third-order valence-electron chi connectivity index (χ3n) is 8.32. The standard InChI is InChI=1S/C38H39Cl2N5O5S/c1-3-5-11-23-41-36(46)28-21-22-33(32(40)24-28)45-38(48)44(35(42-45)16-6-4-2)25-26-17-19-27(20-18-26)29-12-8-10-15-34(29)51(49,50)43-37(47)30-13-7-9-14-31(30)39/h7-10,12-15,17-22,24H,3-6,11,16,23,25H2,1-2H3,(H,41,46)(H,43,47). The maximum Gasteiger partial charge on any atom is 0.351 e. The van der Waals surface area contributed by atoms with Crippen LogP contribution in [0, 0.1) is 0 Å². The molecule has 0 unspecified atom stereocenters. The highest BCUT2D eigenvalue weighted by atomic mass is 35.5. The van der Waals surface area contributed by atoms with Crippen molar-refractivity contribution in [1.82, 2.24) is 24.4 Å². The minimum atomic E-state index is -4.27. The van der Waals surface area contributed by atoms with Crippen molar-refractivity contribution in [2.24, 2.45) is 0 Å². The number of nitrogens with one attached hydrogen (secondary N) is 2. The van der Waals surface area contributed by atoms with Crippen molar-refractivity contribution in [2.75, 3.05) is 6.54 Å². The summed E-state index contributed by atoms with van der Waals surface area (Å²) in [5.41, 5.74) is 2.21. The number of aromatic nitrogens is 3. The smallest absolute Gasteiger partial charge is 0.351 e. The molecule has 0 spiro atoms. The molecule has 0 saturated heterocycles. The van der Waals surface area contributed by atoms with Crippen molar-refractivity contribution in [3.8, 4) is 16.8 Å². The molecule has 10 nitrogen and oxygen atoms in total. The van der Waals surface area contributed by atoms with Gasteiger partial charge in [-0.25, -0.2) is 17.9 Å². The van der Waals surface area contributed by atoms with Gasteiger partial charge in [0.25, 0.3) is 21.8 Å². The Bertz CT molecular complexity index is 2200. The summed E-state index contributed by atoms with van der Waals surface area (Å²) in [7, 11) is -4.27. The Morgan fingerprint density at radius 1 is 0.804 bits per heavy atom. The van der Waals surface area contributed by atoms with Crippen LogP contribution in [0.4, 0.5) is 0 Å². The lowest BCUT2D eigenvalue weighted by Crippen LogP contribution is -2.31. The van der Waals surface area contributed by atoms with Crippen molar-refractivity contribution in [1.29, 1.82) is 0 Å². The van der Waals surface area contributed by atoms with E-state index < -0.39 is 15.9 Å². The van der Waals surface area contributed by atoms with Crippen LogP contribution in [0.1, 0.15) is 78.1 Å². The first-order valence-electron chi connectivity index (χ1n) is 16.8. The summed E-state index contributed by atoms with van der Waals surface area (Å²) in [5, 5.41) is 7.91. The van der Waals surface area contributed by atoms with Gasteiger partial charge in [0.15, 0.2) is 0 Å². The Hall–Kier alpha value is -4.71. The topological polar surface area (TPSA) is 132 Å². The van der Waals surface area contributed by atoms with E-state index in [1.807, 2.05) is 12.1 Å². The Morgan fingerprint density at radius 2 is 1.51 bits per heavy atom. The number of hydrogen-bond acceptors (Lipinski definition) is 6. The highest BCUT2D eigenvalue weighted by Gasteiger charge is 2.24. The first kappa shape index (κ1) is 37.5. The van der Waals surface area contributed by atoms with E-state index in [4.69, 9.17) is 23.2 Å². The zero-order valence-electron chi connectivity index (χ0n) is 28.4. The number of amides is 2. The molecule has 0 atom stereocenters. The SMILES string of the molecule is CCCCCNC(=O)c1ccc(-n2nc(CCCC)n(Cc3ccc(-c4ccccc4S(=O)(=O)NC(=O)c4ccccc4Cl)cc3)c2=O)c(Cl)c1. The van der Waals surface area contributed by atoms with Crippen LogP contribution in [0.2, 0.25) is 10.0 Å². The van der Waals surface area contributed by atoms with Crippen molar-refractivity contribution in [2.45, 2.75) is 63.8 Å². The average Bonchev–Trinajstić information content (AvgIpc) is 3.42. The normalized spacial score (nSPS) is 11.4. The summed E-state index contributed by atoms with van der Waals surface area (Å²) in [5.74, 6) is -0.479. The summed E-state index contributed by atoms with van der Waals surface area (Å²) in [6.45, 7) is 4.94. The molecule has 1 heterocycles. The van der Waals surface area contributed by atoms with Crippen LogP contribution in [0.15, 0.2) is 101 Å². The largest absolute Gasteiger partial charge is 0.352 e. The number of benzene rings is 4. The predicted octanol–water partition coefficient (Wildman–Crippen LogP) is 7.44. The number of halogens is 2. The molecule has 0 saturated carbocycles. The van der Waals surface area contributed by atoms with E-state index in [-0.39, 0.29) is 38.6 Å². The van der Waals surface area contributed by atoms with E-state index in [2.05, 4.69) is 29.0 Å². The van der Waals surface area contributed by atoms with Gasteiger partial charge in [-0.2, -0.15) is 4.68 Å². The fourth-order valence-electron chi connectivity index (χ4n) is 5.56. The number of nitrogens with zero attached hydrogens (tertiary/aromatic N) is 3. The molecule has 13 heteroatoms. The summed E-state index contributed by atoms with van der Waals surface area (Å²) in [4.78, 5) is 39.2. The first-order chi connectivity index (χ1) is 24.5. The molecule has 2 N–H and O–H groups in total. The lowest BCUT2D eigenvalue weighted by molar-refractivity contribution is 0.0950. The van der Waals surface area contributed by atoms with Gasteiger partial charge >= 0.3 is 5.69 Å². The Balaban J connectivity index is 1.39. The summed E-state index contributed by atoms with van der Waals surface area (Å²) in [6, 6.07) is 24.5. The molecule has 1 aromatic heterocycles. The molecule has 0 radical (unpaired) electrons. The zero-order valence-corrected chi connectivity index (χ0v) is 30.7. The fraction of sp³-hybridized carbons (Fsp3) is 0.263. The quantitative estimate of drug-likeness (QED) is 0.107. The number of aryl methyl sites for hydroxylation is 1. The van der Waals surface area contributed by atoms with Gasteiger partial charge in [-0.15, -0.1) is 5.10 Å². The second-order valence-electron chi connectivity index (χ2n) is 12.0. The molecule has 4 aromatic carbocycles. The summed E-state index contributed by atoms with van der Waals surface area (Å²) < 4.78 is 31.8. The number of carbonyl (C=O) groups is 2. The van der Waals surface area contributed by atoms with Crippen LogP contribution in [0.3, 0.4) is 0 Å². The van der Waals surface area contributed by atoms with Gasteiger partial charge in [-0.05, 0) is 60.4 Å². The highest BCUT2D eigenvalue weighted by molar-refractivity contribution is 7.90. The van der Waals surface area contributed by atoms with Gasteiger partial charge < -0.3 is 5.32 Å². The van der Waals surface area contributed by atoms with Crippen LogP contribution >= 0.6 is 23.2 Å². The van der Waals surface area contributed by atoms with Gasteiger partial charge in [0, 0.05) is 24.1 Å². The number of hydrogen-bond donors (Lipinski definition) is 2. The van der Waals surface area contributed by atoms with Gasteiger partial charge in [0.05, 0.1) is 32.7 Å². The van der Waals surface area contributed by atoms with Gasteiger partial charge in [0.2, 0.25) is 0 Å². The van der Waals surface area contributed by atoms with Crippen molar-refractivity contribution in [3.63, 3.8) is 0 Å². The molecule has 2 amide bonds. The van der Waals surface area contributed by atoms with Crippen molar-refractivity contribution < 1.29 is 18.0 Å². The predicted molar refractivity (Wildman–Crippen MR) is 200 cm³/mol. The molecule has 0 aliphatic rings. The molecule has 51 heavy (non-hydrogen) atoms. The molecule has 5 aromatic rings. The Morgan fingerprint density at radius 3 is 2.22 bits per heavy atom. The Labute approximate surface area is 307 Å². The van der Waals surface area contributed by atoms with Crippen LogP contribution in [0.25, 0.3) is 16.8 Å². The van der Waals surface area contributed by atoms with E-state index in [0.29, 0.717) is 41.2 Å². The number of rotatable bonds is 15. The van der Waals surface area contributed by atoms with E-state index in [9.17, 15) is 22.8 Å². The van der Waals surface area contributed by atoms with Crippen LogP contribution in [-0.4, -0.2) is 41.1 Å². The van der Waals surface area contributed by atoms with Crippen molar-refractivity contribution >= 4 is 45.0 Å². The molecule has 0 aliphatic heterocycles. The lowest BCUT2D eigenvalue weighted by Gasteiger charge is -2.13. The van der Waals surface area contributed by atoms with Crippen molar-refractivity contribution in [3.05, 3.63) is 134 Å². The molecule has 0 bridgehead atoms. The zero-order chi connectivity index (χ0) is 36.5. The second-order valence-corrected chi connectivity index (χ2v) is 14.5. The molecular weight excluding hydrogens is 709 g/mol. The summed E-state index contributed by atoms with van der Waals surface area (Å²) >= 11 is 12.7. The van der Waals surface area contributed by atoms with Gasteiger partial charge in [0.1, 0.15) is 5.82 Å². The minimum Gasteiger partial charge on any atom is -0.352 e. The first-order valence-corrected chi connectivity index (χ1v) is 19.0. The van der Waals surface area contributed by atoms with E-state index in [1.54, 1.807) is 65.2 Å². The fourth-order valence-corrected chi connectivity index (χ4v) is 7.24.